The van der Waals surface area contributed by atoms with Gasteiger partial charge < -0.3 is 15.0 Å². The fourth-order valence-electron chi connectivity index (χ4n) is 5.39. The molecule has 0 saturated carbocycles. The Morgan fingerprint density at radius 2 is 2.03 bits per heavy atom. The van der Waals surface area contributed by atoms with Gasteiger partial charge in [0.25, 0.3) is 0 Å². The summed E-state index contributed by atoms with van der Waals surface area (Å²) in [6.45, 7) is 3.39. The molecule has 5 rings (SSSR count). The first kappa shape index (κ1) is 18.6. The van der Waals surface area contributed by atoms with Crippen molar-refractivity contribution >= 4 is 11.6 Å². The number of nitrogens with zero attached hydrogens (tertiary/aromatic N) is 1. The van der Waals surface area contributed by atoms with Crippen molar-refractivity contribution in [3.8, 4) is 5.75 Å². The summed E-state index contributed by atoms with van der Waals surface area (Å²) >= 11 is 0. The highest BCUT2D eigenvalue weighted by molar-refractivity contribution is 5.95. The second-order valence-electron chi connectivity index (χ2n) is 8.30. The van der Waals surface area contributed by atoms with Crippen LogP contribution in [0, 0.1) is 17.6 Å². The molecule has 152 valence electrons. The Morgan fingerprint density at radius 1 is 1.14 bits per heavy atom. The average molecular weight is 398 g/mol. The number of hydrogen-bond donors (Lipinski definition) is 1. The molecule has 0 bridgehead atoms. The Balaban J connectivity index is 1.19. The fourth-order valence-corrected chi connectivity index (χ4v) is 5.39. The van der Waals surface area contributed by atoms with Crippen molar-refractivity contribution < 1.29 is 18.3 Å². The van der Waals surface area contributed by atoms with Crippen LogP contribution in [0.3, 0.4) is 0 Å². The van der Waals surface area contributed by atoms with Crippen LogP contribution >= 0.6 is 0 Å². The van der Waals surface area contributed by atoms with Crippen LogP contribution in [0.4, 0.5) is 14.5 Å². The van der Waals surface area contributed by atoms with Crippen molar-refractivity contribution in [1.29, 1.82) is 0 Å². The molecule has 1 fully saturated rings. The fraction of sp³-hybridized carbons (Fsp3) is 0.435. The smallest absolute Gasteiger partial charge is 0.225 e. The Labute approximate surface area is 168 Å². The number of rotatable bonds is 5. The van der Waals surface area contributed by atoms with Crippen molar-refractivity contribution in [1.82, 2.24) is 4.90 Å². The van der Waals surface area contributed by atoms with E-state index in [9.17, 15) is 13.6 Å². The van der Waals surface area contributed by atoms with Gasteiger partial charge in [0, 0.05) is 37.2 Å². The molecule has 0 radical (unpaired) electrons. The van der Waals surface area contributed by atoms with Gasteiger partial charge in [-0.1, -0.05) is 12.1 Å². The monoisotopic (exact) mass is 398 g/mol. The lowest BCUT2D eigenvalue weighted by molar-refractivity contribution is -0.117. The molecule has 2 aromatic rings. The number of piperidine rings is 1. The molecule has 0 spiro atoms. The summed E-state index contributed by atoms with van der Waals surface area (Å²) in [7, 11) is 0. The third-order valence-corrected chi connectivity index (χ3v) is 6.64. The molecule has 1 saturated heterocycles. The van der Waals surface area contributed by atoms with Crippen LogP contribution < -0.4 is 10.1 Å². The molecule has 29 heavy (non-hydrogen) atoms. The van der Waals surface area contributed by atoms with Gasteiger partial charge in [0.15, 0.2) is 11.6 Å². The first-order chi connectivity index (χ1) is 14.1. The van der Waals surface area contributed by atoms with Crippen molar-refractivity contribution in [3.63, 3.8) is 0 Å². The van der Waals surface area contributed by atoms with Crippen LogP contribution in [0.1, 0.15) is 42.2 Å². The van der Waals surface area contributed by atoms with Crippen molar-refractivity contribution in [2.45, 2.75) is 31.1 Å². The molecular formula is C23H24F2N2O2. The molecule has 2 aromatic carbocycles. The summed E-state index contributed by atoms with van der Waals surface area (Å²) in [5.74, 6) is 0.132. The lowest BCUT2D eigenvalue weighted by atomic mass is 9.79. The molecule has 3 atom stereocenters. The van der Waals surface area contributed by atoms with Crippen LogP contribution in [-0.4, -0.2) is 37.0 Å². The van der Waals surface area contributed by atoms with Gasteiger partial charge in [0.1, 0.15) is 5.75 Å². The predicted molar refractivity (Wildman–Crippen MR) is 106 cm³/mol. The van der Waals surface area contributed by atoms with Gasteiger partial charge in [-0.3, -0.25) is 4.79 Å². The summed E-state index contributed by atoms with van der Waals surface area (Å²) in [5, 5.41) is 3.04. The maximum Gasteiger partial charge on any atom is 0.225 e. The number of likely N-dealkylation sites (tertiary alicyclic amines) is 1. The Bertz CT molecular complexity index is 948. The summed E-state index contributed by atoms with van der Waals surface area (Å²) in [6.07, 6.45) is 2.53. The number of carbonyl (C=O) groups is 1. The van der Waals surface area contributed by atoms with Gasteiger partial charge in [-0.15, -0.1) is 0 Å². The van der Waals surface area contributed by atoms with Crippen LogP contribution in [0.25, 0.3) is 0 Å². The van der Waals surface area contributed by atoms with E-state index in [1.165, 1.54) is 17.2 Å². The Morgan fingerprint density at radius 3 is 2.90 bits per heavy atom. The largest absolute Gasteiger partial charge is 0.493 e. The van der Waals surface area contributed by atoms with Crippen molar-refractivity contribution in [2.24, 2.45) is 5.92 Å². The number of amides is 1. The van der Waals surface area contributed by atoms with Gasteiger partial charge in [-0.25, -0.2) is 8.78 Å². The Hall–Kier alpha value is -2.47. The van der Waals surface area contributed by atoms with E-state index in [0.717, 1.165) is 50.3 Å². The van der Waals surface area contributed by atoms with E-state index >= 15 is 0 Å². The van der Waals surface area contributed by atoms with Gasteiger partial charge in [-0.2, -0.15) is 0 Å². The number of carbonyl (C=O) groups excluding carboxylic acids is 1. The van der Waals surface area contributed by atoms with Crippen LogP contribution in [0.5, 0.6) is 5.75 Å². The molecule has 1 N–H and O–H groups in total. The highest BCUT2D eigenvalue weighted by Gasteiger charge is 2.46. The lowest BCUT2D eigenvalue weighted by Gasteiger charge is -2.37. The maximum atomic E-state index is 13.3. The normalized spacial score (nSPS) is 25.3. The topological polar surface area (TPSA) is 41.6 Å². The van der Waals surface area contributed by atoms with E-state index in [0.29, 0.717) is 36.5 Å². The number of anilines is 1. The number of nitrogens with one attached hydrogen (secondary N) is 1. The number of halogens is 2. The van der Waals surface area contributed by atoms with Crippen LogP contribution in [-0.2, 0) is 4.79 Å². The molecule has 3 unspecified atom stereocenters. The zero-order valence-electron chi connectivity index (χ0n) is 16.2. The van der Waals surface area contributed by atoms with E-state index in [-0.39, 0.29) is 5.91 Å². The molecule has 0 aromatic heterocycles. The number of fused-ring (bicyclic) bond motifs is 3. The molecule has 1 amide bonds. The maximum absolute atomic E-state index is 13.3. The summed E-state index contributed by atoms with van der Waals surface area (Å²) in [5.41, 5.74) is 3.77. The highest BCUT2D eigenvalue weighted by atomic mass is 19.2. The van der Waals surface area contributed by atoms with E-state index in [1.807, 2.05) is 12.1 Å². The number of benzene rings is 2. The summed E-state index contributed by atoms with van der Waals surface area (Å²) < 4.78 is 31.8. The number of hydrogen-bond acceptors (Lipinski definition) is 3. The Kier molecular flexibility index (Phi) is 4.74. The standard InChI is InChI=1S/C23H24F2N2O2/c24-19-6-5-14(11-20(19)25)29-10-2-8-27-9-7-15-17-12-22(28)26-21-4-1-3-16(23(17)21)18(15)13-27/h1,3-6,11,15,17-18H,2,7-10,12-13H2,(H,26,28). The van der Waals surface area contributed by atoms with Gasteiger partial charge in [0.05, 0.1) is 6.61 Å². The van der Waals surface area contributed by atoms with Gasteiger partial charge in [0.2, 0.25) is 5.91 Å². The quantitative estimate of drug-likeness (QED) is 0.765. The number of ether oxygens (including phenoxy) is 1. The van der Waals surface area contributed by atoms with Gasteiger partial charge >= 0.3 is 0 Å². The van der Waals surface area contributed by atoms with Crippen LogP contribution in [0.2, 0.25) is 0 Å². The summed E-state index contributed by atoms with van der Waals surface area (Å²) in [4.78, 5) is 14.6. The summed E-state index contributed by atoms with van der Waals surface area (Å²) in [6, 6.07) is 9.92. The molecular weight excluding hydrogens is 374 g/mol. The third kappa shape index (κ3) is 3.39. The zero-order valence-corrected chi connectivity index (χ0v) is 16.2. The van der Waals surface area contributed by atoms with E-state index in [2.05, 4.69) is 16.3 Å². The minimum absolute atomic E-state index is 0.136. The molecule has 6 heteroatoms. The molecule has 2 heterocycles. The second kappa shape index (κ2) is 7.41. The van der Waals surface area contributed by atoms with Gasteiger partial charge in [-0.05, 0) is 60.5 Å². The first-order valence-electron chi connectivity index (χ1n) is 10.3. The second-order valence-corrected chi connectivity index (χ2v) is 8.30. The zero-order chi connectivity index (χ0) is 20.0. The first-order valence-corrected chi connectivity index (χ1v) is 10.3. The molecule has 4 nitrogen and oxygen atoms in total. The van der Waals surface area contributed by atoms with Crippen molar-refractivity contribution in [3.05, 3.63) is 59.2 Å². The molecule has 2 aliphatic heterocycles. The van der Waals surface area contributed by atoms with Crippen LogP contribution in [0.15, 0.2) is 36.4 Å². The predicted octanol–water partition coefficient (Wildman–Crippen LogP) is 4.28. The molecule has 3 aliphatic rings. The van der Waals surface area contributed by atoms with Crippen molar-refractivity contribution in [2.75, 3.05) is 31.6 Å². The van der Waals surface area contributed by atoms with E-state index in [1.54, 1.807) is 0 Å². The average Bonchev–Trinajstić information content (AvgIpc) is 3.02. The lowest BCUT2D eigenvalue weighted by Crippen LogP contribution is -2.39. The minimum atomic E-state index is -0.885. The SMILES string of the molecule is O=C1CC2c3c(cccc3C3CN(CCCOc4ccc(F)c(F)c4)CCC32)N1. The third-order valence-electron chi connectivity index (χ3n) is 6.64. The minimum Gasteiger partial charge on any atom is -0.493 e. The van der Waals surface area contributed by atoms with E-state index in [4.69, 9.17) is 4.74 Å². The molecule has 1 aliphatic carbocycles. The van der Waals surface area contributed by atoms with E-state index < -0.39 is 11.6 Å². The highest BCUT2D eigenvalue weighted by Crippen LogP contribution is 2.55.